The molecule has 0 N–H and O–H groups in total. The molecule has 0 spiro atoms. The average Bonchev–Trinajstić information content (AvgIpc) is 2.67. The molecule has 0 aliphatic rings. The maximum atomic E-state index is 13.3. The summed E-state index contributed by atoms with van der Waals surface area (Å²) in [4.78, 5) is 4.11. The van der Waals surface area contributed by atoms with Gasteiger partial charge in [-0.05, 0) is 62.4 Å². The standard InChI is InChI=1S/C13H19F2OPS.C10H11F2N/c1-5-12(2,3)18(4,16)11-8-6-7-10(9-11)13(14,15)17;1-7(2)8-4-9(6-13-5-8)10(3,11)12/h6-9H,4-5,17H2,1-3H3;4-6H,1H2,2-3H3. The van der Waals surface area contributed by atoms with Crippen LogP contribution in [0.1, 0.15) is 57.7 Å². The Morgan fingerprint density at radius 1 is 1.10 bits per heavy atom. The van der Waals surface area contributed by atoms with E-state index in [1.807, 2.05) is 20.8 Å². The summed E-state index contributed by atoms with van der Waals surface area (Å²) in [5, 5.41) is 0. The van der Waals surface area contributed by atoms with Gasteiger partial charge in [0, 0.05) is 49.6 Å². The number of allylic oxidation sites excluding steroid dienone is 1. The highest BCUT2D eigenvalue weighted by Gasteiger charge is 2.31. The fraction of sp³-hybridized carbons (Fsp3) is 0.391. The first-order valence-electron chi connectivity index (χ1n) is 9.56. The molecule has 1 aromatic heterocycles. The molecule has 0 saturated carbocycles. The summed E-state index contributed by atoms with van der Waals surface area (Å²) in [6.45, 7) is 11.9. The molecule has 0 bridgehead atoms. The highest BCUT2D eigenvalue weighted by molar-refractivity contribution is 8.01. The van der Waals surface area contributed by atoms with E-state index in [2.05, 4.69) is 17.4 Å². The van der Waals surface area contributed by atoms with Crippen LogP contribution < -0.4 is 0 Å². The largest absolute Gasteiger partial charge is 0.283 e. The summed E-state index contributed by atoms with van der Waals surface area (Å²) < 4.78 is 64.4. The van der Waals surface area contributed by atoms with Crippen LogP contribution in [0.2, 0.25) is 0 Å². The van der Waals surface area contributed by atoms with Gasteiger partial charge in [0.25, 0.3) is 11.6 Å². The summed E-state index contributed by atoms with van der Waals surface area (Å²) in [5.74, 6) is 0.947. The maximum absolute atomic E-state index is 13.3. The Morgan fingerprint density at radius 2 is 1.68 bits per heavy atom. The van der Waals surface area contributed by atoms with Crippen molar-refractivity contribution in [1.29, 1.82) is 0 Å². The van der Waals surface area contributed by atoms with Crippen LogP contribution in [0.4, 0.5) is 17.6 Å². The summed E-state index contributed by atoms with van der Waals surface area (Å²) in [6.07, 6.45) is 3.36. The molecule has 31 heavy (non-hydrogen) atoms. The van der Waals surface area contributed by atoms with E-state index in [4.69, 9.17) is 0 Å². The van der Waals surface area contributed by atoms with Gasteiger partial charge in [0.05, 0.1) is 0 Å². The molecule has 2 nitrogen and oxygen atoms in total. The van der Waals surface area contributed by atoms with E-state index >= 15 is 0 Å². The molecule has 172 valence electrons. The Morgan fingerprint density at radius 3 is 2.13 bits per heavy atom. The zero-order chi connectivity index (χ0) is 24.3. The summed E-state index contributed by atoms with van der Waals surface area (Å²) >= 11 is 0. The Kier molecular flexibility index (Phi) is 8.66. The zero-order valence-electron chi connectivity index (χ0n) is 18.5. The quantitative estimate of drug-likeness (QED) is 0.253. The lowest BCUT2D eigenvalue weighted by atomic mass is 10.1. The van der Waals surface area contributed by atoms with E-state index in [0.717, 1.165) is 12.5 Å². The van der Waals surface area contributed by atoms with Crippen LogP contribution in [0, 0.1) is 0 Å². The zero-order valence-corrected chi connectivity index (χ0v) is 20.5. The van der Waals surface area contributed by atoms with E-state index in [9.17, 15) is 21.8 Å². The number of benzene rings is 1. The van der Waals surface area contributed by atoms with Crippen LogP contribution in [-0.4, -0.2) is 19.8 Å². The molecule has 1 aromatic carbocycles. The second-order valence-electron chi connectivity index (χ2n) is 8.07. The number of hydrogen-bond donors (Lipinski definition) is 0. The molecule has 0 radical (unpaired) electrons. The van der Waals surface area contributed by atoms with Gasteiger partial charge in [0.1, 0.15) is 0 Å². The first kappa shape index (κ1) is 27.3. The molecule has 2 aromatic rings. The number of hydrogen-bond acceptors (Lipinski definition) is 2. The van der Waals surface area contributed by atoms with Crippen LogP contribution in [0.3, 0.4) is 0 Å². The van der Waals surface area contributed by atoms with Gasteiger partial charge in [-0.25, -0.2) is 8.78 Å². The van der Waals surface area contributed by atoms with E-state index in [1.165, 1.54) is 45.9 Å². The monoisotopic (exact) mass is 475 g/mol. The average molecular weight is 476 g/mol. The van der Waals surface area contributed by atoms with Gasteiger partial charge in [-0.15, -0.1) is 0 Å². The first-order chi connectivity index (χ1) is 13.9. The van der Waals surface area contributed by atoms with Crippen molar-refractivity contribution in [2.24, 2.45) is 0 Å². The number of nitrogens with zero attached hydrogens (tertiary/aromatic N) is 1. The molecule has 0 amide bonds. The van der Waals surface area contributed by atoms with Gasteiger partial charge >= 0.3 is 0 Å². The predicted octanol–water partition coefficient (Wildman–Crippen LogP) is 7.10. The number of halogens is 4. The van der Waals surface area contributed by atoms with Crippen molar-refractivity contribution in [2.75, 3.05) is 0 Å². The molecule has 2 rings (SSSR count). The van der Waals surface area contributed by atoms with Gasteiger partial charge < -0.3 is 0 Å². The molecule has 2 unspecified atom stereocenters. The normalized spacial score (nSPS) is 14.3. The fourth-order valence-corrected chi connectivity index (χ4v) is 4.27. The van der Waals surface area contributed by atoms with Crippen molar-refractivity contribution in [1.82, 2.24) is 4.98 Å². The SMILES string of the molecule is C=C(C)c1cncc(C(C)(F)F)c1.C=S(=O)(c1cccc(C(F)(F)P)c1)C(C)(C)CC. The van der Waals surface area contributed by atoms with Crippen LogP contribution >= 0.6 is 9.24 Å². The van der Waals surface area contributed by atoms with Gasteiger partial charge in [-0.1, -0.05) is 34.9 Å². The molecule has 0 aliphatic carbocycles. The van der Waals surface area contributed by atoms with Gasteiger partial charge in [-0.2, -0.15) is 8.78 Å². The molecule has 0 fully saturated rings. The molecule has 0 aliphatic heterocycles. The number of alkyl halides is 4. The predicted molar refractivity (Wildman–Crippen MR) is 126 cm³/mol. The third-order valence-corrected chi connectivity index (χ3v) is 8.50. The Bertz CT molecular complexity index is 1020. The molecule has 0 saturated heterocycles. The lowest BCUT2D eigenvalue weighted by Gasteiger charge is -2.28. The number of aromatic nitrogens is 1. The molecule has 2 atom stereocenters. The second-order valence-corrected chi connectivity index (χ2v) is 11.7. The highest BCUT2D eigenvalue weighted by Crippen LogP contribution is 2.37. The minimum atomic E-state index is -3.01. The van der Waals surface area contributed by atoms with Crippen LogP contribution in [0.5, 0.6) is 0 Å². The Labute approximate surface area is 185 Å². The van der Waals surface area contributed by atoms with Crippen LogP contribution in [-0.2, 0) is 21.1 Å². The van der Waals surface area contributed by atoms with Crippen molar-refractivity contribution in [3.05, 3.63) is 66.0 Å². The van der Waals surface area contributed by atoms with Crippen LogP contribution in [0.15, 0.2) is 54.2 Å². The van der Waals surface area contributed by atoms with Crippen molar-refractivity contribution < 1.29 is 21.8 Å². The second kappa shape index (κ2) is 9.83. The lowest BCUT2D eigenvalue weighted by molar-refractivity contribution is 0.0171. The molecule has 1 heterocycles. The van der Waals surface area contributed by atoms with Crippen molar-refractivity contribution in [3.63, 3.8) is 0 Å². The maximum Gasteiger partial charge on any atom is 0.283 e. The number of rotatable bonds is 6. The summed E-state index contributed by atoms with van der Waals surface area (Å²) in [7, 11) is -1.12. The smallest absolute Gasteiger partial charge is 0.264 e. The minimum Gasteiger partial charge on any atom is -0.264 e. The molecular weight excluding hydrogens is 445 g/mol. The summed E-state index contributed by atoms with van der Waals surface area (Å²) in [6, 6.07) is 7.13. The third kappa shape index (κ3) is 7.15. The summed E-state index contributed by atoms with van der Waals surface area (Å²) in [5.41, 5.74) is -1.86. The van der Waals surface area contributed by atoms with Crippen molar-refractivity contribution in [3.8, 4) is 0 Å². The van der Waals surface area contributed by atoms with E-state index in [1.54, 1.807) is 13.0 Å². The highest BCUT2D eigenvalue weighted by atomic mass is 32.2. The van der Waals surface area contributed by atoms with E-state index < -0.39 is 25.9 Å². The van der Waals surface area contributed by atoms with Crippen LogP contribution in [0.25, 0.3) is 5.57 Å². The van der Waals surface area contributed by atoms with Gasteiger partial charge in [0.2, 0.25) is 0 Å². The minimum absolute atomic E-state index is 0.0759. The molecular formula is C23H30F4NOPS. The molecule has 8 heteroatoms. The first-order valence-corrected chi connectivity index (χ1v) is 11.9. The van der Waals surface area contributed by atoms with E-state index in [0.29, 0.717) is 16.9 Å². The Balaban J connectivity index is 0.000000327. The fourth-order valence-electron chi connectivity index (χ4n) is 2.37. The van der Waals surface area contributed by atoms with Crippen molar-refractivity contribution >= 4 is 30.2 Å². The van der Waals surface area contributed by atoms with Gasteiger partial charge in [0.15, 0.2) is 0 Å². The van der Waals surface area contributed by atoms with Gasteiger partial charge in [-0.3, -0.25) is 9.19 Å². The lowest BCUT2D eigenvalue weighted by Crippen LogP contribution is -2.31. The topological polar surface area (TPSA) is 30.0 Å². The van der Waals surface area contributed by atoms with E-state index in [-0.39, 0.29) is 11.1 Å². The Hall–Kier alpha value is -1.72. The number of pyridine rings is 1. The van der Waals surface area contributed by atoms with Crippen molar-refractivity contribution in [2.45, 2.75) is 62.3 Å². The third-order valence-electron chi connectivity index (χ3n) is 5.08.